The third-order valence-corrected chi connectivity index (χ3v) is 2.82. The van der Waals surface area contributed by atoms with Crippen molar-refractivity contribution in [2.45, 2.75) is 13.3 Å². The number of hydrogen-bond acceptors (Lipinski definition) is 3. The van der Waals surface area contributed by atoms with Crippen LogP contribution in [0, 0.1) is 0 Å². The van der Waals surface area contributed by atoms with E-state index in [0.717, 1.165) is 38.5 Å². The maximum absolute atomic E-state index is 5.60. The maximum Gasteiger partial charge on any atom is 0.119 e. The van der Waals surface area contributed by atoms with Crippen molar-refractivity contribution in [3.05, 3.63) is 29.8 Å². The molecule has 0 unspecified atom stereocenters. The van der Waals surface area contributed by atoms with Gasteiger partial charge in [0.2, 0.25) is 0 Å². The van der Waals surface area contributed by atoms with Gasteiger partial charge in [-0.15, -0.1) is 0 Å². The Kier molecular flexibility index (Phi) is 9.06. The number of methoxy groups -OCH3 is 1. The minimum atomic E-state index is 0.601. The van der Waals surface area contributed by atoms with Crippen LogP contribution in [0.25, 0.3) is 0 Å². The van der Waals surface area contributed by atoms with Crippen LogP contribution in [-0.2, 0) is 15.9 Å². The molecule has 0 amide bonds. The number of quaternary nitrogens is 1. The molecule has 4 heteroatoms. The zero-order valence-corrected chi connectivity index (χ0v) is 12.1. The number of hydrogen-bond donors (Lipinski definition) is 1. The molecule has 0 aliphatic rings. The summed E-state index contributed by atoms with van der Waals surface area (Å²) in [5.74, 6) is 0.910. The van der Waals surface area contributed by atoms with Crippen LogP contribution in [0.5, 0.6) is 5.75 Å². The second-order valence-electron chi connectivity index (χ2n) is 4.32. The predicted molar refractivity (Wildman–Crippen MR) is 75.7 cm³/mol. The average molecular weight is 268 g/mol. The van der Waals surface area contributed by atoms with Gasteiger partial charge in [-0.05, 0) is 24.1 Å². The summed E-state index contributed by atoms with van der Waals surface area (Å²) < 4.78 is 16.0. The molecule has 108 valence electrons. The molecule has 0 saturated heterocycles. The van der Waals surface area contributed by atoms with Gasteiger partial charge in [0.05, 0.1) is 32.9 Å². The number of nitrogens with two attached hydrogens (primary N) is 1. The van der Waals surface area contributed by atoms with E-state index in [1.807, 2.05) is 12.1 Å². The molecule has 1 aromatic rings. The van der Waals surface area contributed by atoms with Crippen molar-refractivity contribution in [1.29, 1.82) is 0 Å². The van der Waals surface area contributed by atoms with Crippen molar-refractivity contribution < 1.29 is 19.5 Å². The van der Waals surface area contributed by atoms with Gasteiger partial charge in [0, 0.05) is 7.11 Å². The summed E-state index contributed by atoms with van der Waals surface area (Å²) in [6, 6.07) is 8.22. The number of rotatable bonds is 11. The van der Waals surface area contributed by atoms with E-state index in [2.05, 4.69) is 24.4 Å². The molecule has 0 heterocycles. The Morgan fingerprint density at radius 1 is 0.947 bits per heavy atom. The number of benzene rings is 1. The topological polar surface area (TPSA) is 44.3 Å². The molecule has 2 N–H and O–H groups in total. The van der Waals surface area contributed by atoms with E-state index < -0.39 is 0 Å². The number of ether oxygens (including phenoxy) is 3. The molecule has 0 bridgehead atoms. The molecule has 0 aromatic heterocycles. The van der Waals surface area contributed by atoms with Gasteiger partial charge in [-0.3, -0.25) is 0 Å². The van der Waals surface area contributed by atoms with Crippen LogP contribution >= 0.6 is 0 Å². The summed E-state index contributed by atoms with van der Waals surface area (Å²) in [5, 5.41) is 2.19. The van der Waals surface area contributed by atoms with Crippen LogP contribution in [0.1, 0.15) is 12.5 Å². The molecule has 0 fully saturated rings. The van der Waals surface area contributed by atoms with Crippen LogP contribution in [0.3, 0.4) is 0 Å². The Hall–Kier alpha value is -1.10. The molecule has 0 aliphatic heterocycles. The smallest absolute Gasteiger partial charge is 0.119 e. The first-order chi connectivity index (χ1) is 9.36. The highest BCUT2D eigenvalue weighted by Crippen LogP contribution is 2.12. The Labute approximate surface area is 116 Å². The van der Waals surface area contributed by atoms with Gasteiger partial charge in [-0.1, -0.05) is 19.1 Å². The maximum atomic E-state index is 5.60. The molecule has 0 radical (unpaired) electrons. The Morgan fingerprint density at radius 3 is 2.37 bits per heavy atom. The summed E-state index contributed by atoms with van der Waals surface area (Å²) in [5.41, 5.74) is 1.33. The minimum Gasteiger partial charge on any atom is -0.491 e. The van der Waals surface area contributed by atoms with Crippen molar-refractivity contribution in [3.63, 3.8) is 0 Å². The van der Waals surface area contributed by atoms with Gasteiger partial charge in [0.15, 0.2) is 0 Å². The fourth-order valence-electron chi connectivity index (χ4n) is 1.65. The van der Waals surface area contributed by atoms with Gasteiger partial charge < -0.3 is 19.5 Å². The van der Waals surface area contributed by atoms with E-state index in [9.17, 15) is 0 Å². The first kappa shape index (κ1) is 16.0. The van der Waals surface area contributed by atoms with Crippen molar-refractivity contribution in [1.82, 2.24) is 0 Å². The van der Waals surface area contributed by atoms with E-state index in [0.29, 0.717) is 13.2 Å². The standard InChI is InChI=1S/C15H25NO3/c1-3-14-4-6-15(7-5-14)19-13-12-18-11-9-16-8-10-17-2/h4-7,16H,3,8-13H2,1-2H3/p+1. The zero-order valence-electron chi connectivity index (χ0n) is 12.1. The SMILES string of the molecule is CCc1ccc(OCCOCC[NH2+]CCOC)cc1. The van der Waals surface area contributed by atoms with Crippen LogP contribution in [0.2, 0.25) is 0 Å². The second kappa shape index (κ2) is 10.8. The van der Waals surface area contributed by atoms with Gasteiger partial charge >= 0.3 is 0 Å². The lowest BCUT2D eigenvalue weighted by atomic mass is 10.2. The summed E-state index contributed by atoms with van der Waals surface area (Å²) in [6.45, 7) is 6.87. The monoisotopic (exact) mass is 268 g/mol. The summed E-state index contributed by atoms with van der Waals surface area (Å²) in [7, 11) is 1.72. The third kappa shape index (κ3) is 7.82. The van der Waals surface area contributed by atoms with Gasteiger partial charge in [-0.2, -0.15) is 0 Å². The fraction of sp³-hybridized carbons (Fsp3) is 0.600. The molecule has 19 heavy (non-hydrogen) atoms. The molecule has 0 saturated carbocycles. The number of aryl methyl sites for hydroxylation is 1. The average Bonchev–Trinajstić information content (AvgIpc) is 2.46. The van der Waals surface area contributed by atoms with Gasteiger partial charge in [0.1, 0.15) is 12.4 Å². The van der Waals surface area contributed by atoms with Crippen molar-refractivity contribution in [2.75, 3.05) is 46.6 Å². The first-order valence-corrected chi connectivity index (χ1v) is 6.97. The first-order valence-electron chi connectivity index (χ1n) is 6.97. The predicted octanol–water partition coefficient (Wildman–Crippen LogP) is 0.854. The lowest BCUT2D eigenvalue weighted by Crippen LogP contribution is -2.86. The van der Waals surface area contributed by atoms with E-state index in [1.54, 1.807) is 7.11 Å². The minimum absolute atomic E-state index is 0.601. The molecular formula is C15H26NO3+. The summed E-state index contributed by atoms with van der Waals surface area (Å²) in [4.78, 5) is 0. The van der Waals surface area contributed by atoms with Crippen LogP contribution in [-0.4, -0.2) is 46.6 Å². The Morgan fingerprint density at radius 2 is 1.68 bits per heavy atom. The van der Waals surface area contributed by atoms with Gasteiger partial charge in [0.25, 0.3) is 0 Å². The highest BCUT2D eigenvalue weighted by Gasteiger charge is 1.95. The lowest BCUT2D eigenvalue weighted by Gasteiger charge is -2.07. The molecule has 0 spiro atoms. The van der Waals surface area contributed by atoms with Crippen molar-refractivity contribution in [2.24, 2.45) is 0 Å². The summed E-state index contributed by atoms with van der Waals surface area (Å²) >= 11 is 0. The highest BCUT2D eigenvalue weighted by atomic mass is 16.5. The molecule has 1 rings (SSSR count). The normalized spacial score (nSPS) is 10.6. The molecular weight excluding hydrogens is 242 g/mol. The lowest BCUT2D eigenvalue weighted by molar-refractivity contribution is -0.657. The van der Waals surface area contributed by atoms with Gasteiger partial charge in [-0.25, -0.2) is 0 Å². The summed E-state index contributed by atoms with van der Waals surface area (Å²) in [6.07, 6.45) is 1.06. The third-order valence-electron chi connectivity index (χ3n) is 2.82. The molecule has 0 aliphatic carbocycles. The quantitative estimate of drug-likeness (QED) is 0.605. The highest BCUT2D eigenvalue weighted by molar-refractivity contribution is 5.27. The Balaban J connectivity index is 1.95. The van der Waals surface area contributed by atoms with E-state index in [1.165, 1.54) is 5.56 Å². The van der Waals surface area contributed by atoms with E-state index in [4.69, 9.17) is 14.2 Å². The van der Waals surface area contributed by atoms with Crippen LogP contribution < -0.4 is 10.1 Å². The molecule has 1 aromatic carbocycles. The fourth-order valence-corrected chi connectivity index (χ4v) is 1.65. The molecule has 4 nitrogen and oxygen atoms in total. The Bertz CT molecular complexity index is 314. The largest absolute Gasteiger partial charge is 0.491 e. The van der Waals surface area contributed by atoms with Crippen LogP contribution in [0.4, 0.5) is 0 Å². The van der Waals surface area contributed by atoms with E-state index >= 15 is 0 Å². The second-order valence-corrected chi connectivity index (χ2v) is 4.32. The van der Waals surface area contributed by atoms with E-state index in [-0.39, 0.29) is 0 Å². The molecule has 0 atom stereocenters. The zero-order chi connectivity index (χ0) is 13.8. The van der Waals surface area contributed by atoms with Crippen molar-refractivity contribution >= 4 is 0 Å². The van der Waals surface area contributed by atoms with Crippen molar-refractivity contribution in [3.8, 4) is 5.75 Å². The van der Waals surface area contributed by atoms with Crippen LogP contribution in [0.15, 0.2) is 24.3 Å².